The minimum atomic E-state index is 0.667. The van der Waals surface area contributed by atoms with E-state index >= 15 is 0 Å². The Morgan fingerprint density at radius 1 is 1.20 bits per heavy atom. The molecule has 6 nitrogen and oxygen atoms in total. The van der Waals surface area contributed by atoms with E-state index in [2.05, 4.69) is 49.1 Å². The van der Waals surface area contributed by atoms with E-state index in [1.807, 2.05) is 12.1 Å². The van der Waals surface area contributed by atoms with Gasteiger partial charge in [0.15, 0.2) is 11.5 Å². The fourth-order valence-corrected chi connectivity index (χ4v) is 3.17. The quantitative estimate of drug-likeness (QED) is 0.719. The zero-order chi connectivity index (χ0) is 13.4. The molecule has 100 valence electrons. The summed E-state index contributed by atoms with van der Waals surface area (Å²) in [5, 5.41) is 17.8. The molecule has 1 aliphatic heterocycles. The van der Waals surface area contributed by atoms with Crippen molar-refractivity contribution in [3.63, 3.8) is 0 Å². The molecule has 0 unspecified atom stereocenters. The fraction of sp³-hybridized carbons (Fsp3) is 0.231. The van der Waals surface area contributed by atoms with Crippen molar-refractivity contribution in [2.24, 2.45) is 0 Å². The molecular formula is C13H12N6S. The summed E-state index contributed by atoms with van der Waals surface area (Å²) >= 11 is 1.80. The van der Waals surface area contributed by atoms with Crippen LogP contribution in [0.15, 0.2) is 35.7 Å². The van der Waals surface area contributed by atoms with Gasteiger partial charge in [-0.25, -0.2) is 0 Å². The first-order chi connectivity index (χ1) is 9.90. The average molecular weight is 284 g/mol. The van der Waals surface area contributed by atoms with E-state index in [0.29, 0.717) is 5.65 Å². The first kappa shape index (κ1) is 11.5. The van der Waals surface area contributed by atoms with Crippen molar-refractivity contribution in [3.8, 4) is 0 Å². The normalized spacial score (nSPS) is 15.6. The Bertz CT molecular complexity index is 760. The Morgan fingerprint density at radius 2 is 2.20 bits per heavy atom. The number of thiophene rings is 1. The summed E-state index contributed by atoms with van der Waals surface area (Å²) in [6.45, 7) is 1.83. The number of anilines is 1. The van der Waals surface area contributed by atoms with Gasteiger partial charge in [-0.15, -0.1) is 26.2 Å². The minimum Gasteiger partial charge on any atom is -0.351 e. The second-order valence-corrected chi connectivity index (χ2v) is 5.57. The van der Waals surface area contributed by atoms with Gasteiger partial charge >= 0.3 is 0 Å². The predicted molar refractivity (Wildman–Crippen MR) is 77.7 cm³/mol. The van der Waals surface area contributed by atoms with Crippen LogP contribution in [0.5, 0.6) is 0 Å². The molecule has 0 saturated heterocycles. The molecule has 0 spiro atoms. The maximum absolute atomic E-state index is 4.43. The summed E-state index contributed by atoms with van der Waals surface area (Å²) < 4.78 is 1.47. The number of nitrogens with zero attached hydrogens (tertiary/aromatic N) is 6. The minimum absolute atomic E-state index is 0.667. The Morgan fingerprint density at radius 3 is 3.00 bits per heavy atom. The van der Waals surface area contributed by atoms with Crippen LogP contribution in [0, 0.1) is 0 Å². The molecule has 1 aliphatic rings. The number of aromatic nitrogens is 5. The van der Waals surface area contributed by atoms with Gasteiger partial charge in [-0.05, 0) is 46.0 Å². The van der Waals surface area contributed by atoms with Crippen molar-refractivity contribution in [2.75, 3.05) is 18.0 Å². The van der Waals surface area contributed by atoms with Gasteiger partial charge in [0.25, 0.3) is 0 Å². The van der Waals surface area contributed by atoms with Crippen LogP contribution >= 0.6 is 11.3 Å². The first-order valence-electron chi connectivity index (χ1n) is 6.43. The molecule has 3 aromatic heterocycles. The SMILES string of the molecule is C1=C(c2cccs2)CCN(c2ccc3nnnn3n2)C1. The van der Waals surface area contributed by atoms with Crippen molar-refractivity contribution in [1.29, 1.82) is 0 Å². The van der Waals surface area contributed by atoms with Gasteiger partial charge in [0.05, 0.1) is 0 Å². The molecule has 7 heteroatoms. The summed E-state index contributed by atoms with van der Waals surface area (Å²) in [7, 11) is 0. The number of rotatable bonds is 2. The van der Waals surface area contributed by atoms with E-state index < -0.39 is 0 Å². The van der Waals surface area contributed by atoms with Gasteiger partial charge in [-0.3, -0.25) is 0 Å². The van der Waals surface area contributed by atoms with E-state index in [1.165, 1.54) is 15.1 Å². The predicted octanol–water partition coefficient (Wildman–Crippen LogP) is 1.87. The number of hydrogen-bond acceptors (Lipinski definition) is 6. The van der Waals surface area contributed by atoms with Crippen molar-refractivity contribution in [3.05, 3.63) is 40.6 Å². The molecule has 20 heavy (non-hydrogen) atoms. The van der Waals surface area contributed by atoms with Crippen LogP contribution in [-0.4, -0.2) is 38.3 Å². The fourth-order valence-electron chi connectivity index (χ4n) is 2.37. The monoisotopic (exact) mass is 284 g/mol. The Hall–Kier alpha value is -2.28. The van der Waals surface area contributed by atoms with Crippen LogP contribution in [0.4, 0.5) is 5.82 Å². The third-order valence-corrected chi connectivity index (χ3v) is 4.37. The van der Waals surface area contributed by atoms with Gasteiger partial charge < -0.3 is 4.90 Å². The van der Waals surface area contributed by atoms with E-state index in [-0.39, 0.29) is 0 Å². The summed E-state index contributed by atoms with van der Waals surface area (Å²) in [4.78, 5) is 3.60. The third-order valence-electron chi connectivity index (χ3n) is 3.43. The maximum Gasteiger partial charge on any atom is 0.200 e. The van der Waals surface area contributed by atoms with Crippen LogP contribution in [0.1, 0.15) is 11.3 Å². The largest absolute Gasteiger partial charge is 0.351 e. The van der Waals surface area contributed by atoms with Gasteiger partial charge in [0.2, 0.25) is 0 Å². The Labute approximate surface area is 119 Å². The second kappa shape index (κ2) is 4.68. The summed E-state index contributed by atoms with van der Waals surface area (Å²) in [5.74, 6) is 0.909. The zero-order valence-corrected chi connectivity index (χ0v) is 11.5. The molecular weight excluding hydrogens is 272 g/mol. The zero-order valence-electron chi connectivity index (χ0n) is 10.7. The third kappa shape index (κ3) is 1.96. The highest BCUT2D eigenvalue weighted by molar-refractivity contribution is 7.11. The van der Waals surface area contributed by atoms with Gasteiger partial charge in [-0.1, -0.05) is 12.1 Å². The molecule has 4 rings (SSSR count). The van der Waals surface area contributed by atoms with Crippen LogP contribution in [0.25, 0.3) is 11.2 Å². The van der Waals surface area contributed by atoms with E-state index in [1.54, 1.807) is 11.3 Å². The first-order valence-corrected chi connectivity index (χ1v) is 7.31. The number of hydrogen-bond donors (Lipinski definition) is 0. The molecule has 0 fully saturated rings. The topological polar surface area (TPSA) is 59.2 Å². The molecule has 3 aromatic rings. The standard InChI is InChI=1S/C13H12N6S/c1-2-11(20-9-1)10-5-7-18(8-6-10)13-4-3-12-14-16-17-19(12)15-13/h1-5,9H,6-8H2. The van der Waals surface area contributed by atoms with Crippen LogP contribution in [0.3, 0.4) is 0 Å². The molecule has 0 atom stereocenters. The molecule has 0 aromatic carbocycles. The highest BCUT2D eigenvalue weighted by Gasteiger charge is 2.15. The van der Waals surface area contributed by atoms with Gasteiger partial charge in [-0.2, -0.15) is 0 Å². The Balaban J connectivity index is 1.59. The Kier molecular flexibility index (Phi) is 2.70. The van der Waals surface area contributed by atoms with E-state index in [0.717, 1.165) is 25.3 Å². The summed E-state index contributed by atoms with van der Waals surface area (Å²) in [5.41, 5.74) is 2.10. The molecule has 0 radical (unpaired) electrons. The molecule has 0 amide bonds. The maximum atomic E-state index is 4.43. The molecule has 0 N–H and O–H groups in total. The van der Waals surface area contributed by atoms with Crippen LogP contribution < -0.4 is 4.90 Å². The highest BCUT2D eigenvalue weighted by Crippen LogP contribution is 2.27. The van der Waals surface area contributed by atoms with Crippen LogP contribution in [0.2, 0.25) is 0 Å². The lowest BCUT2D eigenvalue weighted by molar-refractivity contribution is 0.711. The average Bonchev–Trinajstić information content (AvgIpc) is 3.18. The summed E-state index contributed by atoms with van der Waals surface area (Å²) in [6.07, 6.45) is 3.32. The molecule has 0 aliphatic carbocycles. The molecule has 4 heterocycles. The van der Waals surface area contributed by atoms with Gasteiger partial charge in [0.1, 0.15) is 0 Å². The van der Waals surface area contributed by atoms with Crippen molar-refractivity contribution in [1.82, 2.24) is 25.3 Å². The van der Waals surface area contributed by atoms with E-state index in [4.69, 9.17) is 0 Å². The smallest absolute Gasteiger partial charge is 0.200 e. The highest BCUT2D eigenvalue weighted by atomic mass is 32.1. The van der Waals surface area contributed by atoms with E-state index in [9.17, 15) is 0 Å². The lowest BCUT2D eigenvalue weighted by atomic mass is 10.1. The lowest BCUT2D eigenvalue weighted by Gasteiger charge is -2.26. The van der Waals surface area contributed by atoms with Crippen molar-refractivity contribution < 1.29 is 0 Å². The number of tetrazole rings is 1. The van der Waals surface area contributed by atoms with Crippen LogP contribution in [-0.2, 0) is 0 Å². The van der Waals surface area contributed by atoms with Crippen molar-refractivity contribution in [2.45, 2.75) is 6.42 Å². The van der Waals surface area contributed by atoms with Gasteiger partial charge in [0, 0.05) is 18.0 Å². The number of fused-ring (bicyclic) bond motifs is 1. The van der Waals surface area contributed by atoms with Crippen molar-refractivity contribution >= 4 is 28.4 Å². The molecule has 0 saturated carbocycles. The second-order valence-electron chi connectivity index (χ2n) is 4.62. The summed E-state index contributed by atoms with van der Waals surface area (Å²) in [6, 6.07) is 8.13. The lowest BCUT2D eigenvalue weighted by Crippen LogP contribution is -2.29. The molecule has 0 bridgehead atoms.